The lowest BCUT2D eigenvalue weighted by atomic mass is 9.89. The third-order valence-corrected chi connectivity index (χ3v) is 4.67. The van der Waals surface area contributed by atoms with Crippen LogP contribution in [0.15, 0.2) is 65.8 Å². The van der Waals surface area contributed by atoms with Crippen LogP contribution in [0.25, 0.3) is 6.08 Å². The van der Waals surface area contributed by atoms with Crippen LogP contribution in [0.3, 0.4) is 0 Å². The summed E-state index contributed by atoms with van der Waals surface area (Å²) in [5, 5.41) is 4.03. The number of esters is 1. The van der Waals surface area contributed by atoms with Gasteiger partial charge in [0.1, 0.15) is 5.75 Å². The van der Waals surface area contributed by atoms with Crippen molar-refractivity contribution >= 4 is 24.2 Å². The van der Waals surface area contributed by atoms with E-state index in [1.54, 1.807) is 36.6 Å². The van der Waals surface area contributed by atoms with Crippen molar-refractivity contribution < 1.29 is 14.3 Å². The number of hydrazone groups is 1. The molecule has 0 unspecified atom stereocenters. The van der Waals surface area contributed by atoms with Crippen molar-refractivity contribution in [2.24, 2.45) is 11.0 Å². The van der Waals surface area contributed by atoms with Gasteiger partial charge in [-0.15, -0.1) is 0 Å². The summed E-state index contributed by atoms with van der Waals surface area (Å²) in [4.78, 5) is 23.9. The molecular weight excluding hydrogens is 352 g/mol. The minimum Gasteiger partial charge on any atom is -0.423 e. The van der Waals surface area contributed by atoms with Crippen LogP contribution in [-0.4, -0.2) is 18.1 Å². The number of hydrogen-bond acceptors (Lipinski definition) is 4. The first-order valence-electron chi connectivity index (χ1n) is 9.58. The van der Waals surface area contributed by atoms with Gasteiger partial charge in [0, 0.05) is 12.0 Å². The van der Waals surface area contributed by atoms with Gasteiger partial charge in [0.2, 0.25) is 5.91 Å². The van der Waals surface area contributed by atoms with Crippen molar-refractivity contribution in [3.63, 3.8) is 0 Å². The van der Waals surface area contributed by atoms with E-state index in [0.29, 0.717) is 5.75 Å². The SMILES string of the molecule is O=C(C=Cc1ccccc1)Oc1ccc(C=NNC(=O)C2CCCCC2)cc1. The summed E-state index contributed by atoms with van der Waals surface area (Å²) in [7, 11) is 0. The molecule has 1 fully saturated rings. The topological polar surface area (TPSA) is 67.8 Å². The predicted molar refractivity (Wildman–Crippen MR) is 110 cm³/mol. The molecule has 5 nitrogen and oxygen atoms in total. The number of hydrogen-bond donors (Lipinski definition) is 1. The van der Waals surface area contributed by atoms with Crippen LogP contribution in [0.1, 0.15) is 43.2 Å². The molecule has 0 spiro atoms. The second kappa shape index (κ2) is 10.2. The molecule has 28 heavy (non-hydrogen) atoms. The van der Waals surface area contributed by atoms with Crippen molar-refractivity contribution in [2.45, 2.75) is 32.1 Å². The molecule has 0 radical (unpaired) electrons. The van der Waals surface area contributed by atoms with Crippen LogP contribution in [0.4, 0.5) is 0 Å². The molecule has 0 aromatic heterocycles. The Hall–Kier alpha value is -3.21. The molecule has 1 amide bonds. The zero-order valence-corrected chi connectivity index (χ0v) is 15.7. The smallest absolute Gasteiger partial charge is 0.336 e. The number of carbonyl (C=O) groups is 2. The summed E-state index contributed by atoms with van der Waals surface area (Å²) in [5.41, 5.74) is 4.36. The van der Waals surface area contributed by atoms with Gasteiger partial charge < -0.3 is 4.74 Å². The summed E-state index contributed by atoms with van der Waals surface area (Å²) < 4.78 is 5.27. The van der Waals surface area contributed by atoms with Gasteiger partial charge in [0.05, 0.1) is 6.21 Å². The minimum atomic E-state index is -0.440. The molecule has 2 aromatic carbocycles. The number of ether oxygens (including phenoxy) is 1. The van der Waals surface area contributed by atoms with Crippen LogP contribution >= 0.6 is 0 Å². The second-order valence-corrected chi connectivity index (χ2v) is 6.80. The van der Waals surface area contributed by atoms with E-state index in [2.05, 4.69) is 10.5 Å². The third kappa shape index (κ3) is 6.20. The molecule has 1 saturated carbocycles. The highest BCUT2D eigenvalue weighted by Crippen LogP contribution is 2.23. The zero-order chi connectivity index (χ0) is 19.6. The molecule has 2 aromatic rings. The quantitative estimate of drug-likeness (QED) is 0.268. The third-order valence-electron chi connectivity index (χ3n) is 4.67. The van der Waals surface area contributed by atoms with E-state index < -0.39 is 5.97 Å². The van der Waals surface area contributed by atoms with Crippen molar-refractivity contribution in [3.8, 4) is 5.75 Å². The van der Waals surface area contributed by atoms with E-state index in [-0.39, 0.29) is 11.8 Å². The van der Waals surface area contributed by atoms with Crippen molar-refractivity contribution in [2.75, 3.05) is 0 Å². The van der Waals surface area contributed by atoms with Crippen LogP contribution in [0.2, 0.25) is 0 Å². The number of benzene rings is 2. The first-order chi connectivity index (χ1) is 13.7. The van der Waals surface area contributed by atoms with Gasteiger partial charge >= 0.3 is 5.97 Å². The van der Waals surface area contributed by atoms with Crippen LogP contribution in [0, 0.1) is 5.92 Å². The zero-order valence-electron chi connectivity index (χ0n) is 15.7. The molecule has 0 saturated heterocycles. The van der Waals surface area contributed by atoms with E-state index in [1.165, 1.54) is 12.5 Å². The van der Waals surface area contributed by atoms with Crippen molar-refractivity contribution in [3.05, 3.63) is 71.8 Å². The Morgan fingerprint density at radius 3 is 2.36 bits per heavy atom. The first kappa shape index (κ1) is 19.5. The Morgan fingerprint density at radius 1 is 0.929 bits per heavy atom. The largest absolute Gasteiger partial charge is 0.423 e. The summed E-state index contributed by atoms with van der Waals surface area (Å²) in [5.74, 6) is 0.0828. The maximum absolute atomic E-state index is 12.0. The van der Waals surface area contributed by atoms with Crippen LogP contribution in [0.5, 0.6) is 5.75 Å². The molecule has 5 heteroatoms. The fraction of sp³-hybridized carbons (Fsp3) is 0.261. The van der Waals surface area contributed by atoms with Gasteiger partial charge in [-0.1, -0.05) is 49.6 Å². The Kier molecular flexibility index (Phi) is 7.13. The normalized spacial score (nSPS) is 15.0. The highest BCUT2D eigenvalue weighted by molar-refractivity contribution is 5.89. The second-order valence-electron chi connectivity index (χ2n) is 6.80. The molecule has 0 atom stereocenters. The first-order valence-corrected chi connectivity index (χ1v) is 9.58. The molecule has 0 heterocycles. The maximum Gasteiger partial charge on any atom is 0.336 e. The van der Waals surface area contributed by atoms with Gasteiger partial charge in [0.25, 0.3) is 0 Å². The van der Waals surface area contributed by atoms with Crippen molar-refractivity contribution in [1.29, 1.82) is 0 Å². The summed E-state index contributed by atoms with van der Waals surface area (Å²) >= 11 is 0. The fourth-order valence-electron chi connectivity index (χ4n) is 3.13. The Morgan fingerprint density at radius 2 is 1.64 bits per heavy atom. The molecule has 144 valence electrons. The van der Waals surface area contributed by atoms with E-state index in [4.69, 9.17) is 4.74 Å². The molecule has 3 rings (SSSR count). The lowest BCUT2D eigenvalue weighted by Gasteiger charge is -2.19. The molecule has 0 bridgehead atoms. The van der Waals surface area contributed by atoms with Crippen molar-refractivity contribution in [1.82, 2.24) is 5.43 Å². The number of amides is 1. The minimum absolute atomic E-state index is 0.00768. The van der Waals surface area contributed by atoms with Gasteiger partial charge in [-0.25, -0.2) is 10.2 Å². The lowest BCUT2D eigenvalue weighted by molar-refractivity contribution is -0.129. The highest BCUT2D eigenvalue weighted by Gasteiger charge is 2.20. The number of rotatable bonds is 6. The summed E-state index contributed by atoms with van der Waals surface area (Å²) in [6.07, 6.45) is 10.0. The van der Waals surface area contributed by atoms with E-state index in [9.17, 15) is 9.59 Å². The van der Waals surface area contributed by atoms with Gasteiger partial charge in [-0.3, -0.25) is 4.79 Å². The number of nitrogens with zero attached hydrogens (tertiary/aromatic N) is 1. The number of carbonyl (C=O) groups excluding carboxylic acids is 2. The average molecular weight is 376 g/mol. The van der Waals surface area contributed by atoms with Gasteiger partial charge in [0.15, 0.2) is 0 Å². The highest BCUT2D eigenvalue weighted by atomic mass is 16.5. The van der Waals surface area contributed by atoms with Gasteiger partial charge in [-0.2, -0.15) is 5.10 Å². The Balaban J connectivity index is 1.47. The molecule has 0 aliphatic heterocycles. The predicted octanol–water partition coefficient (Wildman–Crippen LogP) is 4.34. The number of nitrogens with one attached hydrogen (secondary N) is 1. The van der Waals surface area contributed by atoms with E-state index in [1.807, 2.05) is 30.3 Å². The molecule has 1 aliphatic carbocycles. The Labute approximate surface area is 165 Å². The lowest BCUT2D eigenvalue weighted by Crippen LogP contribution is -2.28. The van der Waals surface area contributed by atoms with E-state index >= 15 is 0 Å². The van der Waals surface area contributed by atoms with Gasteiger partial charge in [-0.05, 0) is 54.3 Å². The monoisotopic (exact) mass is 376 g/mol. The standard InChI is InChI=1S/C23H24N2O3/c26-22(16-13-18-7-3-1-4-8-18)28-21-14-11-19(12-15-21)17-24-25-23(27)20-9-5-2-6-10-20/h1,3-4,7-8,11-17,20H,2,5-6,9-10H2,(H,25,27). The van der Waals surface area contributed by atoms with Crippen LogP contribution < -0.4 is 10.2 Å². The molecule has 1 aliphatic rings. The average Bonchev–Trinajstić information content (AvgIpc) is 2.75. The summed E-state index contributed by atoms with van der Waals surface area (Å²) in [6.45, 7) is 0. The maximum atomic E-state index is 12.0. The Bertz CT molecular complexity index is 836. The fourth-order valence-corrected chi connectivity index (χ4v) is 3.13. The van der Waals surface area contributed by atoms with Crippen LogP contribution in [-0.2, 0) is 9.59 Å². The molecular formula is C23H24N2O3. The molecule has 1 N–H and O–H groups in total. The summed E-state index contributed by atoms with van der Waals surface area (Å²) in [6, 6.07) is 16.5. The van der Waals surface area contributed by atoms with E-state index in [0.717, 1.165) is 36.8 Å².